The predicted molar refractivity (Wildman–Crippen MR) is 101 cm³/mol. The zero-order chi connectivity index (χ0) is 20.7. The van der Waals surface area contributed by atoms with Gasteiger partial charge in [-0.2, -0.15) is 5.26 Å². The van der Waals surface area contributed by atoms with Gasteiger partial charge in [-0.15, -0.1) is 0 Å². The molecule has 0 radical (unpaired) electrons. The molecule has 2 rings (SSSR count). The van der Waals surface area contributed by atoms with E-state index in [2.05, 4.69) is 5.32 Å². The molecular formula is C19H17N3O6. The summed E-state index contributed by atoms with van der Waals surface area (Å²) in [5.74, 6) is 0.282. The molecule has 2 aromatic rings. The van der Waals surface area contributed by atoms with Gasteiger partial charge in [-0.25, -0.2) is 0 Å². The van der Waals surface area contributed by atoms with Crippen molar-refractivity contribution in [2.45, 2.75) is 0 Å². The lowest BCUT2D eigenvalue weighted by Gasteiger charge is -2.13. The molecule has 0 saturated heterocycles. The highest BCUT2D eigenvalue weighted by atomic mass is 16.6. The Morgan fingerprint density at radius 2 is 1.75 bits per heavy atom. The van der Waals surface area contributed by atoms with Gasteiger partial charge >= 0.3 is 0 Å². The first-order valence-corrected chi connectivity index (χ1v) is 7.91. The Morgan fingerprint density at radius 1 is 1.14 bits per heavy atom. The summed E-state index contributed by atoms with van der Waals surface area (Å²) in [5, 5.41) is 22.8. The van der Waals surface area contributed by atoms with Gasteiger partial charge in [-0.1, -0.05) is 12.1 Å². The zero-order valence-electron chi connectivity index (χ0n) is 15.4. The lowest BCUT2D eigenvalue weighted by molar-refractivity contribution is -0.383. The molecule has 0 fully saturated rings. The minimum Gasteiger partial charge on any atom is -0.493 e. The van der Waals surface area contributed by atoms with E-state index in [1.807, 2.05) is 0 Å². The first-order chi connectivity index (χ1) is 13.4. The number of anilines is 1. The Kier molecular flexibility index (Phi) is 6.54. The second kappa shape index (κ2) is 9.05. The summed E-state index contributed by atoms with van der Waals surface area (Å²) in [4.78, 5) is 22.9. The van der Waals surface area contributed by atoms with E-state index in [-0.39, 0.29) is 16.9 Å². The third-order valence-corrected chi connectivity index (χ3v) is 3.71. The molecule has 9 heteroatoms. The van der Waals surface area contributed by atoms with Gasteiger partial charge < -0.3 is 19.5 Å². The van der Waals surface area contributed by atoms with Gasteiger partial charge in [0.25, 0.3) is 11.6 Å². The van der Waals surface area contributed by atoms with Crippen molar-refractivity contribution in [2.24, 2.45) is 0 Å². The highest BCUT2D eigenvalue weighted by Crippen LogP contribution is 2.38. The number of amides is 1. The Hall–Kier alpha value is -4.06. The number of nitrogens with zero attached hydrogens (tertiary/aromatic N) is 2. The third kappa shape index (κ3) is 4.37. The van der Waals surface area contributed by atoms with E-state index in [1.165, 1.54) is 51.7 Å². The van der Waals surface area contributed by atoms with Crippen LogP contribution in [-0.4, -0.2) is 32.2 Å². The first-order valence-electron chi connectivity index (χ1n) is 7.91. The third-order valence-electron chi connectivity index (χ3n) is 3.71. The lowest BCUT2D eigenvalue weighted by atomic mass is 10.1. The number of hydrogen-bond acceptors (Lipinski definition) is 7. The van der Waals surface area contributed by atoms with Crippen LogP contribution in [-0.2, 0) is 4.79 Å². The van der Waals surface area contributed by atoms with Crippen LogP contribution in [0.4, 0.5) is 11.4 Å². The number of nitrogens with one attached hydrogen (secondary N) is 1. The first kappa shape index (κ1) is 20.3. The van der Waals surface area contributed by atoms with Gasteiger partial charge in [0.05, 0.1) is 26.3 Å². The number of benzene rings is 2. The number of hydrogen-bond donors (Lipinski definition) is 1. The molecule has 1 N–H and O–H groups in total. The summed E-state index contributed by atoms with van der Waals surface area (Å²) in [6.07, 6.45) is 1.31. The second-order valence-corrected chi connectivity index (χ2v) is 5.36. The molecule has 144 valence electrons. The van der Waals surface area contributed by atoms with Crippen LogP contribution < -0.4 is 19.5 Å². The largest absolute Gasteiger partial charge is 0.493 e. The fourth-order valence-electron chi connectivity index (χ4n) is 2.43. The lowest BCUT2D eigenvalue weighted by Crippen LogP contribution is -2.14. The van der Waals surface area contributed by atoms with E-state index in [1.54, 1.807) is 18.2 Å². The van der Waals surface area contributed by atoms with Gasteiger partial charge in [0.15, 0.2) is 11.5 Å². The Morgan fingerprint density at radius 3 is 2.25 bits per heavy atom. The smallest absolute Gasteiger partial charge is 0.292 e. The molecule has 0 spiro atoms. The van der Waals surface area contributed by atoms with Crippen molar-refractivity contribution in [2.75, 3.05) is 26.6 Å². The van der Waals surface area contributed by atoms with E-state index >= 15 is 0 Å². The molecule has 0 heterocycles. The van der Waals surface area contributed by atoms with Crippen molar-refractivity contribution in [3.05, 3.63) is 57.6 Å². The number of para-hydroxylation sites is 2. The molecule has 2 aromatic carbocycles. The summed E-state index contributed by atoms with van der Waals surface area (Å²) >= 11 is 0. The number of rotatable bonds is 7. The predicted octanol–water partition coefficient (Wildman–Crippen LogP) is 3.17. The van der Waals surface area contributed by atoms with E-state index in [0.717, 1.165) is 0 Å². The maximum atomic E-state index is 12.4. The summed E-state index contributed by atoms with van der Waals surface area (Å²) in [7, 11) is 4.34. The van der Waals surface area contributed by atoms with Crippen LogP contribution in [0, 0.1) is 21.4 Å². The fourth-order valence-corrected chi connectivity index (χ4v) is 2.43. The molecule has 0 aliphatic carbocycles. The van der Waals surface area contributed by atoms with Crippen LogP contribution in [0.1, 0.15) is 5.56 Å². The highest BCUT2D eigenvalue weighted by molar-refractivity contribution is 6.10. The number of nitriles is 1. The molecule has 28 heavy (non-hydrogen) atoms. The quantitative estimate of drug-likeness (QED) is 0.337. The standard InChI is InChI=1S/C19H17N3O6/c1-26-16-9-12(10-17(27-2)18(16)28-3)8-13(11-20)19(23)21-14-6-4-5-7-15(14)22(24)25/h4-10H,1-3H3,(H,21,23)/b13-8+. The van der Waals surface area contributed by atoms with Gasteiger partial charge in [0.2, 0.25) is 5.75 Å². The molecular weight excluding hydrogens is 366 g/mol. The van der Waals surface area contributed by atoms with Gasteiger partial charge in [-0.3, -0.25) is 14.9 Å². The number of carbonyl (C=O) groups excluding carboxylic acids is 1. The Balaban J connectivity index is 2.40. The SMILES string of the molecule is COc1cc(/C=C(\C#N)C(=O)Nc2ccccc2[N+](=O)[O-])cc(OC)c1OC. The van der Waals surface area contributed by atoms with Crippen LogP contribution in [0.5, 0.6) is 17.2 Å². The molecule has 0 aromatic heterocycles. The van der Waals surface area contributed by atoms with Crippen LogP contribution in [0.3, 0.4) is 0 Å². The van der Waals surface area contributed by atoms with Gasteiger partial charge in [0.1, 0.15) is 17.3 Å². The second-order valence-electron chi connectivity index (χ2n) is 5.36. The zero-order valence-corrected chi connectivity index (χ0v) is 15.4. The van der Waals surface area contributed by atoms with E-state index < -0.39 is 10.8 Å². The van der Waals surface area contributed by atoms with Gasteiger partial charge in [-0.05, 0) is 29.8 Å². The molecule has 9 nitrogen and oxygen atoms in total. The molecule has 0 aliphatic heterocycles. The average Bonchev–Trinajstić information content (AvgIpc) is 2.71. The van der Waals surface area contributed by atoms with E-state index in [9.17, 15) is 20.2 Å². The Labute approximate surface area is 160 Å². The molecule has 0 aliphatic rings. The molecule has 0 unspecified atom stereocenters. The van der Waals surface area contributed by atoms with Crippen LogP contribution in [0.2, 0.25) is 0 Å². The maximum absolute atomic E-state index is 12.4. The summed E-state index contributed by atoms with van der Waals surface area (Å²) in [6.45, 7) is 0. The van der Waals surface area contributed by atoms with Crippen molar-refractivity contribution >= 4 is 23.4 Å². The minimum atomic E-state index is -0.787. The molecule has 0 saturated carbocycles. The summed E-state index contributed by atoms with van der Waals surface area (Å²) < 4.78 is 15.7. The van der Waals surface area contributed by atoms with Crippen molar-refractivity contribution in [3.8, 4) is 23.3 Å². The normalized spacial score (nSPS) is 10.6. The van der Waals surface area contributed by atoms with Gasteiger partial charge in [0, 0.05) is 6.07 Å². The van der Waals surface area contributed by atoms with Crippen LogP contribution in [0.25, 0.3) is 6.08 Å². The highest BCUT2D eigenvalue weighted by Gasteiger charge is 2.18. The topological polar surface area (TPSA) is 124 Å². The molecule has 0 atom stereocenters. The molecule has 0 bridgehead atoms. The van der Waals surface area contributed by atoms with Crippen LogP contribution >= 0.6 is 0 Å². The van der Waals surface area contributed by atoms with E-state index in [0.29, 0.717) is 22.8 Å². The number of ether oxygens (including phenoxy) is 3. The Bertz CT molecular complexity index is 953. The number of methoxy groups -OCH3 is 3. The number of nitro benzene ring substituents is 1. The number of nitro groups is 1. The van der Waals surface area contributed by atoms with Crippen molar-refractivity contribution in [3.63, 3.8) is 0 Å². The summed E-state index contributed by atoms with van der Waals surface area (Å²) in [5.41, 5.74) is -0.0966. The maximum Gasteiger partial charge on any atom is 0.292 e. The summed E-state index contributed by atoms with van der Waals surface area (Å²) in [6, 6.07) is 10.6. The fraction of sp³-hybridized carbons (Fsp3) is 0.158. The van der Waals surface area contributed by atoms with E-state index in [4.69, 9.17) is 14.2 Å². The van der Waals surface area contributed by atoms with Crippen molar-refractivity contribution < 1.29 is 23.9 Å². The molecule has 1 amide bonds. The monoisotopic (exact) mass is 383 g/mol. The van der Waals surface area contributed by atoms with Crippen molar-refractivity contribution in [1.29, 1.82) is 5.26 Å². The van der Waals surface area contributed by atoms with Crippen molar-refractivity contribution in [1.82, 2.24) is 0 Å². The number of carbonyl (C=O) groups is 1. The average molecular weight is 383 g/mol. The minimum absolute atomic E-state index is 0.0106. The van der Waals surface area contributed by atoms with Crippen LogP contribution in [0.15, 0.2) is 42.0 Å².